The summed E-state index contributed by atoms with van der Waals surface area (Å²) in [6.07, 6.45) is 1.43. The molecule has 1 heterocycles. The lowest BCUT2D eigenvalue weighted by Crippen LogP contribution is -2.40. The molecular formula is C23H30FN3O7S2. The molecule has 1 N–H and O–H groups in total. The normalized spacial score (nSPS) is 14.8. The van der Waals surface area contributed by atoms with E-state index < -0.39 is 25.9 Å². The van der Waals surface area contributed by atoms with E-state index in [4.69, 9.17) is 9.47 Å². The van der Waals surface area contributed by atoms with Crippen LogP contribution in [0.5, 0.6) is 5.75 Å². The Morgan fingerprint density at radius 3 is 2.31 bits per heavy atom. The smallest absolute Gasteiger partial charge is 0.243 e. The monoisotopic (exact) mass is 543 g/mol. The first kappa shape index (κ1) is 27.8. The molecule has 198 valence electrons. The van der Waals surface area contributed by atoms with E-state index in [2.05, 4.69) is 5.32 Å². The first-order valence-corrected chi connectivity index (χ1v) is 14.7. The molecule has 0 atom stereocenters. The summed E-state index contributed by atoms with van der Waals surface area (Å²) in [6.45, 7) is 1.85. The summed E-state index contributed by atoms with van der Waals surface area (Å²) < 4.78 is 75.8. The molecule has 13 heteroatoms. The van der Waals surface area contributed by atoms with Gasteiger partial charge < -0.3 is 14.8 Å². The number of hydrogen-bond acceptors (Lipinski definition) is 7. The zero-order valence-electron chi connectivity index (χ0n) is 19.9. The number of rotatable bonds is 12. The van der Waals surface area contributed by atoms with Crippen molar-refractivity contribution in [1.29, 1.82) is 0 Å². The quantitative estimate of drug-likeness (QED) is 0.404. The summed E-state index contributed by atoms with van der Waals surface area (Å²) in [6, 6.07) is 11.2. The van der Waals surface area contributed by atoms with E-state index in [9.17, 15) is 26.0 Å². The van der Waals surface area contributed by atoms with Crippen LogP contribution in [0, 0.1) is 5.82 Å². The lowest BCUT2D eigenvalue weighted by Gasteiger charge is -2.26. The van der Waals surface area contributed by atoms with Gasteiger partial charge in [0.15, 0.2) is 0 Å². The lowest BCUT2D eigenvalue weighted by atomic mass is 10.2. The van der Waals surface area contributed by atoms with Crippen LogP contribution in [0.25, 0.3) is 0 Å². The van der Waals surface area contributed by atoms with Gasteiger partial charge in [-0.25, -0.2) is 21.2 Å². The number of nitrogens with zero attached hydrogens (tertiary/aromatic N) is 2. The summed E-state index contributed by atoms with van der Waals surface area (Å²) in [7, 11) is -7.16. The van der Waals surface area contributed by atoms with Crippen LogP contribution in [0.1, 0.15) is 12.8 Å². The third-order valence-electron chi connectivity index (χ3n) is 5.40. The van der Waals surface area contributed by atoms with E-state index in [-0.39, 0.29) is 43.3 Å². The number of anilines is 1. The van der Waals surface area contributed by atoms with Crippen molar-refractivity contribution in [3.63, 3.8) is 0 Å². The highest BCUT2D eigenvalue weighted by molar-refractivity contribution is 7.92. The molecule has 1 aliphatic rings. The maximum atomic E-state index is 13.1. The Hall–Kier alpha value is -2.74. The molecule has 0 aliphatic carbocycles. The number of carbonyl (C=O) groups is 1. The highest BCUT2D eigenvalue weighted by Gasteiger charge is 2.26. The van der Waals surface area contributed by atoms with Gasteiger partial charge in [0.2, 0.25) is 26.0 Å². The van der Waals surface area contributed by atoms with Crippen LogP contribution < -0.4 is 14.4 Å². The predicted octanol–water partition coefficient (Wildman–Crippen LogP) is 1.59. The number of sulfonamides is 2. The third kappa shape index (κ3) is 7.88. The fourth-order valence-corrected chi connectivity index (χ4v) is 5.94. The Kier molecular flexibility index (Phi) is 9.65. The summed E-state index contributed by atoms with van der Waals surface area (Å²) in [5.41, 5.74) is 0.330. The minimum Gasteiger partial charge on any atom is -0.492 e. The summed E-state index contributed by atoms with van der Waals surface area (Å²) >= 11 is 0. The maximum absolute atomic E-state index is 13.1. The summed E-state index contributed by atoms with van der Waals surface area (Å²) in [4.78, 5) is 12.3. The molecule has 0 aromatic heterocycles. The van der Waals surface area contributed by atoms with Crippen LogP contribution in [0.4, 0.5) is 10.1 Å². The number of benzene rings is 2. The molecule has 2 aromatic carbocycles. The van der Waals surface area contributed by atoms with E-state index in [1.165, 1.54) is 40.7 Å². The van der Waals surface area contributed by atoms with Crippen molar-refractivity contribution in [3.05, 3.63) is 54.3 Å². The number of carbonyl (C=O) groups excluding carboxylic acids is 1. The van der Waals surface area contributed by atoms with Gasteiger partial charge in [-0.05, 0) is 55.0 Å². The van der Waals surface area contributed by atoms with Crippen LogP contribution in [-0.2, 0) is 29.6 Å². The van der Waals surface area contributed by atoms with Crippen molar-refractivity contribution in [3.8, 4) is 5.75 Å². The van der Waals surface area contributed by atoms with Gasteiger partial charge in [0.25, 0.3) is 0 Å². The molecule has 1 fully saturated rings. The number of morpholine rings is 1. The summed E-state index contributed by atoms with van der Waals surface area (Å²) in [5, 5.41) is 2.70. The fourth-order valence-electron chi connectivity index (χ4n) is 3.57. The molecule has 3 rings (SSSR count). The Balaban J connectivity index is 1.39. The standard InChI is InChI=1S/C23H30FN3O7S2/c1-35(29,30)27(20-6-4-19(24)5-7-20)13-2-3-23(28)25-12-16-34-21-8-10-22(11-9-21)36(31,32)26-14-17-33-18-15-26/h4-11H,2-3,12-18H2,1H3,(H,25,28). The molecule has 0 radical (unpaired) electrons. The van der Waals surface area contributed by atoms with Crippen molar-refractivity contribution >= 4 is 31.6 Å². The van der Waals surface area contributed by atoms with Crippen LogP contribution in [-0.4, -0.2) is 79.3 Å². The molecule has 1 aliphatic heterocycles. The third-order valence-corrected chi connectivity index (χ3v) is 8.51. The second-order valence-electron chi connectivity index (χ2n) is 8.10. The second kappa shape index (κ2) is 12.5. The Morgan fingerprint density at radius 1 is 1.06 bits per heavy atom. The zero-order chi connectivity index (χ0) is 26.2. The van der Waals surface area contributed by atoms with Gasteiger partial charge in [-0.3, -0.25) is 9.10 Å². The van der Waals surface area contributed by atoms with Gasteiger partial charge in [-0.2, -0.15) is 4.31 Å². The second-order valence-corrected chi connectivity index (χ2v) is 11.9. The molecule has 0 bridgehead atoms. The van der Waals surface area contributed by atoms with Crippen molar-refractivity contribution in [1.82, 2.24) is 9.62 Å². The Bertz CT molecular complexity index is 1220. The first-order chi connectivity index (χ1) is 17.1. The average molecular weight is 544 g/mol. The largest absolute Gasteiger partial charge is 0.492 e. The van der Waals surface area contributed by atoms with Crippen LogP contribution in [0.3, 0.4) is 0 Å². The van der Waals surface area contributed by atoms with Gasteiger partial charge in [0.05, 0.1) is 36.6 Å². The fraction of sp³-hybridized carbons (Fsp3) is 0.435. The lowest BCUT2D eigenvalue weighted by molar-refractivity contribution is -0.121. The Labute approximate surface area is 211 Å². The molecule has 36 heavy (non-hydrogen) atoms. The van der Waals surface area contributed by atoms with Gasteiger partial charge in [0, 0.05) is 26.1 Å². The highest BCUT2D eigenvalue weighted by atomic mass is 32.2. The van der Waals surface area contributed by atoms with Crippen LogP contribution in [0.2, 0.25) is 0 Å². The van der Waals surface area contributed by atoms with Gasteiger partial charge in [0.1, 0.15) is 18.2 Å². The number of ether oxygens (including phenoxy) is 2. The van der Waals surface area contributed by atoms with E-state index in [1.54, 1.807) is 12.1 Å². The zero-order valence-corrected chi connectivity index (χ0v) is 21.6. The van der Waals surface area contributed by atoms with E-state index in [0.29, 0.717) is 37.7 Å². The number of nitrogens with one attached hydrogen (secondary N) is 1. The minimum absolute atomic E-state index is 0.0775. The van der Waals surface area contributed by atoms with Crippen molar-refractivity contribution in [2.24, 2.45) is 0 Å². The van der Waals surface area contributed by atoms with E-state index in [0.717, 1.165) is 10.6 Å². The minimum atomic E-state index is -3.59. The van der Waals surface area contributed by atoms with Crippen molar-refractivity contribution in [2.75, 3.05) is 56.6 Å². The van der Waals surface area contributed by atoms with Crippen molar-refractivity contribution < 1.29 is 35.5 Å². The summed E-state index contributed by atoms with van der Waals surface area (Å²) in [5.74, 6) is -0.269. The van der Waals surface area contributed by atoms with Gasteiger partial charge in [-0.15, -0.1) is 0 Å². The van der Waals surface area contributed by atoms with E-state index >= 15 is 0 Å². The molecule has 2 aromatic rings. The Morgan fingerprint density at radius 2 is 1.69 bits per heavy atom. The molecule has 0 unspecified atom stereocenters. The molecule has 0 saturated carbocycles. The van der Waals surface area contributed by atoms with Crippen LogP contribution in [0.15, 0.2) is 53.4 Å². The molecule has 10 nitrogen and oxygen atoms in total. The molecular weight excluding hydrogens is 513 g/mol. The maximum Gasteiger partial charge on any atom is 0.243 e. The van der Waals surface area contributed by atoms with E-state index in [1.807, 2.05) is 0 Å². The van der Waals surface area contributed by atoms with Crippen LogP contribution >= 0.6 is 0 Å². The van der Waals surface area contributed by atoms with Gasteiger partial charge >= 0.3 is 0 Å². The first-order valence-electron chi connectivity index (χ1n) is 11.4. The average Bonchev–Trinajstić information content (AvgIpc) is 2.85. The topological polar surface area (TPSA) is 122 Å². The predicted molar refractivity (Wildman–Crippen MR) is 132 cm³/mol. The highest BCUT2D eigenvalue weighted by Crippen LogP contribution is 2.21. The molecule has 1 saturated heterocycles. The molecule has 0 spiro atoms. The number of halogens is 1. The number of hydrogen-bond donors (Lipinski definition) is 1. The molecule has 1 amide bonds. The van der Waals surface area contributed by atoms with Crippen molar-refractivity contribution in [2.45, 2.75) is 17.7 Å². The van der Waals surface area contributed by atoms with Gasteiger partial charge in [-0.1, -0.05) is 0 Å². The SMILES string of the molecule is CS(=O)(=O)N(CCCC(=O)NCCOc1ccc(S(=O)(=O)N2CCOCC2)cc1)c1ccc(F)cc1. The number of amides is 1.